The topological polar surface area (TPSA) is 115 Å². The van der Waals surface area contributed by atoms with E-state index in [4.69, 9.17) is 10.5 Å². The number of likely N-dealkylation sites (N-methyl/N-ethyl adjacent to an activating group) is 1. The molecule has 9 nitrogen and oxygen atoms in total. The molecule has 0 radical (unpaired) electrons. The number of alkyl halides is 3. The first-order chi connectivity index (χ1) is 14.2. The average Bonchev–Trinajstić information content (AvgIpc) is 3.35. The number of benzene rings is 1. The molecule has 3 aromatic rings. The van der Waals surface area contributed by atoms with Crippen molar-refractivity contribution in [2.24, 2.45) is 0 Å². The molecule has 2 amide bonds. The number of aromatic nitrogens is 3. The van der Waals surface area contributed by atoms with Crippen LogP contribution in [0.25, 0.3) is 5.52 Å². The van der Waals surface area contributed by atoms with E-state index in [2.05, 4.69) is 15.3 Å². The molecule has 12 heteroatoms. The van der Waals surface area contributed by atoms with Crippen LogP contribution < -0.4 is 15.8 Å². The number of carbonyl (C=O) groups is 2. The van der Waals surface area contributed by atoms with Crippen molar-refractivity contribution in [2.45, 2.75) is 12.2 Å². The monoisotopic (exact) mass is 420 g/mol. The minimum absolute atomic E-state index is 0.0257. The lowest BCUT2D eigenvalue weighted by Gasteiger charge is -2.23. The van der Waals surface area contributed by atoms with Crippen LogP contribution in [0, 0.1) is 0 Å². The summed E-state index contributed by atoms with van der Waals surface area (Å²) in [4.78, 5) is 34.1. The second-order valence-electron chi connectivity index (χ2n) is 6.62. The fraction of sp³-hybridized carbons (Fsp3) is 0.222. The number of ether oxygens (including phenoxy) is 1. The molecule has 3 heterocycles. The molecule has 0 spiro atoms. The van der Waals surface area contributed by atoms with Crippen molar-refractivity contribution in [1.29, 1.82) is 0 Å². The van der Waals surface area contributed by atoms with E-state index in [0.29, 0.717) is 11.1 Å². The zero-order valence-electron chi connectivity index (χ0n) is 15.5. The highest BCUT2D eigenvalue weighted by Crippen LogP contribution is 2.40. The van der Waals surface area contributed by atoms with Crippen molar-refractivity contribution in [1.82, 2.24) is 19.3 Å². The highest BCUT2D eigenvalue weighted by molar-refractivity contribution is 6.39. The number of hydrogen-bond donors (Lipinski definition) is 2. The maximum Gasteiger partial charge on any atom is 0.416 e. The highest BCUT2D eigenvalue weighted by Gasteiger charge is 2.36. The van der Waals surface area contributed by atoms with Crippen LogP contribution in [0.5, 0.6) is 5.75 Å². The maximum atomic E-state index is 12.9. The quantitative estimate of drug-likeness (QED) is 0.612. The Labute approximate surface area is 167 Å². The number of anilines is 2. The van der Waals surface area contributed by atoms with Gasteiger partial charge in [0.1, 0.15) is 35.8 Å². The largest absolute Gasteiger partial charge is 0.491 e. The molecule has 0 bridgehead atoms. The summed E-state index contributed by atoms with van der Waals surface area (Å²) in [5.41, 5.74) is 5.71. The molecule has 0 aliphatic carbocycles. The van der Waals surface area contributed by atoms with E-state index < -0.39 is 29.6 Å². The first-order valence-electron chi connectivity index (χ1n) is 8.65. The second kappa shape index (κ2) is 6.90. The molecular formula is C18H15F3N6O3. The van der Waals surface area contributed by atoms with Crippen LogP contribution in [0.4, 0.5) is 24.8 Å². The standard InChI is InChI=1S/C18H15F3N6O3/c1-26(12-7-30-13-4-9(18(19,20)21)2-3-10(12)13)17(29)16(28)25-14-6-24-15(22)11-5-23-8-27(11)14/h2-6,8,12H,7H2,1H3,(H2,22,24)(H,25,28)/t12-/m1/s1. The Bertz CT molecular complexity index is 1160. The first kappa shape index (κ1) is 19.5. The molecule has 1 aromatic carbocycles. The molecule has 0 saturated carbocycles. The van der Waals surface area contributed by atoms with Crippen molar-refractivity contribution in [3.8, 4) is 5.75 Å². The molecule has 1 aliphatic rings. The Morgan fingerprint density at radius 3 is 2.83 bits per heavy atom. The van der Waals surface area contributed by atoms with Gasteiger partial charge >= 0.3 is 18.0 Å². The van der Waals surface area contributed by atoms with Crippen LogP contribution >= 0.6 is 0 Å². The molecule has 3 N–H and O–H groups in total. The fourth-order valence-corrected chi connectivity index (χ4v) is 3.19. The number of rotatable bonds is 2. The summed E-state index contributed by atoms with van der Waals surface area (Å²) in [6.07, 6.45) is -0.379. The molecule has 0 unspecified atom stereocenters. The van der Waals surface area contributed by atoms with Crippen LogP contribution in [0.1, 0.15) is 17.2 Å². The first-order valence-corrected chi connectivity index (χ1v) is 8.65. The predicted octanol–water partition coefficient (Wildman–Crippen LogP) is 1.86. The van der Waals surface area contributed by atoms with Crippen molar-refractivity contribution in [2.75, 3.05) is 24.7 Å². The summed E-state index contributed by atoms with van der Waals surface area (Å²) in [7, 11) is 1.37. The van der Waals surface area contributed by atoms with E-state index in [1.165, 1.54) is 36.2 Å². The minimum atomic E-state index is -4.51. The van der Waals surface area contributed by atoms with E-state index in [0.717, 1.165) is 17.0 Å². The molecule has 2 aromatic heterocycles. The number of carbonyl (C=O) groups excluding carboxylic acids is 2. The number of imidazole rings is 1. The van der Waals surface area contributed by atoms with Gasteiger partial charge in [0.05, 0.1) is 24.0 Å². The van der Waals surface area contributed by atoms with Crippen LogP contribution in [0.2, 0.25) is 0 Å². The molecule has 1 aliphatic heterocycles. The van der Waals surface area contributed by atoms with E-state index >= 15 is 0 Å². The Hall–Kier alpha value is -3.83. The van der Waals surface area contributed by atoms with Crippen LogP contribution in [0.3, 0.4) is 0 Å². The summed E-state index contributed by atoms with van der Waals surface area (Å²) in [6.45, 7) is -0.0681. The highest BCUT2D eigenvalue weighted by atomic mass is 19.4. The predicted molar refractivity (Wildman–Crippen MR) is 98.5 cm³/mol. The smallest absolute Gasteiger partial charge is 0.416 e. The molecule has 0 fully saturated rings. The van der Waals surface area contributed by atoms with Gasteiger partial charge in [-0.1, -0.05) is 6.07 Å². The summed E-state index contributed by atoms with van der Waals surface area (Å²) >= 11 is 0. The van der Waals surface area contributed by atoms with Gasteiger partial charge in [-0.3, -0.25) is 14.0 Å². The summed E-state index contributed by atoms with van der Waals surface area (Å²) in [5.74, 6) is -1.45. The molecule has 0 saturated heterocycles. The number of nitrogens with two attached hydrogens (primary N) is 1. The molecule has 1 atom stereocenters. The van der Waals surface area contributed by atoms with Crippen molar-refractivity contribution in [3.05, 3.63) is 48.0 Å². The zero-order valence-corrected chi connectivity index (χ0v) is 15.5. The number of amides is 2. The fourth-order valence-electron chi connectivity index (χ4n) is 3.19. The molecule has 4 rings (SSSR count). The number of fused-ring (bicyclic) bond motifs is 2. The lowest BCUT2D eigenvalue weighted by molar-refractivity contribution is -0.143. The lowest BCUT2D eigenvalue weighted by Crippen LogP contribution is -2.40. The number of halogens is 3. The molecule has 156 valence electrons. The third-order valence-corrected chi connectivity index (χ3v) is 4.81. The number of nitrogens with one attached hydrogen (secondary N) is 1. The van der Waals surface area contributed by atoms with Crippen LogP contribution in [-0.4, -0.2) is 44.7 Å². The Morgan fingerprint density at radius 1 is 1.33 bits per heavy atom. The van der Waals surface area contributed by atoms with Gasteiger partial charge in [0.25, 0.3) is 0 Å². The van der Waals surface area contributed by atoms with Crippen LogP contribution in [0.15, 0.2) is 36.9 Å². The summed E-state index contributed by atoms with van der Waals surface area (Å²) in [6, 6.07) is 2.33. The van der Waals surface area contributed by atoms with Gasteiger partial charge in [0, 0.05) is 12.6 Å². The van der Waals surface area contributed by atoms with Gasteiger partial charge in [-0.15, -0.1) is 0 Å². The van der Waals surface area contributed by atoms with Crippen molar-refractivity contribution >= 4 is 29.0 Å². The third kappa shape index (κ3) is 3.25. The lowest BCUT2D eigenvalue weighted by atomic mass is 10.0. The van der Waals surface area contributed by atoms with Gasteiger partial charge in [-0.05, 0) is 12.1 Å². The van der Waals surface area contributed by atoms with Crippen LogP contribution in [-0.2, 0) is 15.8 Å². The molecule has 30 heavy (non-hydrogen) atoms. The van der Waals surface area contributed by atoms with E-state index in [-0.39, 0.29) is 24.0 Å². The maximum absolute atomic E-state index is 12.9. The number of nitrogen functional groups attached to an aromatic ring is 1. The van der Waals surface area contributed by atoms with E-state index in [9.17, 15) is 22.8 Å². The van der Waals surface area contributed by atoms with Crippen molar-refractivity contribution < 1.29 is 27.5 Å². The minimum Gasteiger partial charge on any atom is -0.491 e. The molecular weight excluding hydrogens is 405 g/mol. The third-order valence-electron chi connectivity index (χ3n) is 4.81. The Morgan fingerprint density at radius 2 is 2.10 bits per heavy atom. The Kier molecular flexibility index (Phi) is 4.48. The normalized spacial score (nSPS) is 15.5. The summed E-state index contributed by atoms with van der Waals surface area (Å²) < 4.78 is 45.4. The van der Waals surface area contributed by atoms with Gasteiger partial charge in [0.15, 0.2) is 0 Å². The summed E-state index contributed by atoms with van der Waals surface area (Å²) in [5, 5.41) is 2.44. The van der Waals surface area contributed by atoms with Gasteiger partial charge < -0.3 is 20.7 Å². The SMILES string of the molecule is CN(C(=O)C(=O)Nc1cnc(N)c2cncn12)[C@@H]1COc2cc(C(F)(F)F)ccc21. The Balaban J connectivity index is 1.52. The average molecular weight is 420 g/mol. The van der Waals surface area contributed by atoms with Gasteiger partial charge in [0.2, 0.25) is 0 Å². The van der Waals surface area contributed by atoms with E-state index in [1.807, 2.05) is 0 Å². The number of hydrogen-bond acceptors (Lipinski definition) is 6. The van der Waals surface area contributed by atoms with Crippen molar-refractivity contribution in [3.63, 3.8) is 0 Å². The second-order valence-corrected chi connectivity index (χ2v) is 6.62. The van der Waals surface area contributed by atoms with Gasteiger partial charge in [-0.25, -0.2) is 9.97 Å². The van der Waals surface area contributed by atoms with E-state index in [1.54, 1.807) is 0 Å². The zero-order chi connectivity index (χ0) is 21.6. The number of nitrogens with zero attached hydrogens (tertiary/aromatic N) is 4. The van der Waals surface area contributed by atoms with Gasteiger partial charge in [-0.2, -0.15) is 13.2 Å².